The van der Waals surface area contributed by atoms with Crippen molar-refractivity contribution >= 4 is 7.32 Å². The second-order valence-corrected chi connectivity index (χ2v) is 5.14. The fraction of sp³-hybridized carbons (Fsp3) is 0. The quantitative estimate of drug-likeness (QED) is 0.409. The standard InChI is InChI=1S/C15H3BN12O3/c17-4-10-1-13(7-20)26(23-10)29-16(30-27-14(8-21)2-11(5-18)24-27)31-28-15(9-22)3-12(6-19)25-28/h1-3H. The summed E-state index contributed by atoms with van der Waals surface area (Å²) in [6.45, 7) is 0. The molecule has 0 aromatic carbocycles. The molecule has 0 bridgehead atoms. The lowest BCUT2D eigenvalue weighted by molar-refractivity contribution is 0.0379. The second kappa shape index (κ2) is 8.37. The van der Waals surface area contributed by atoms with E-state index in [9.17, 15) is 15.8 Å². The van der Waals surface area contributed by atoms with Gasteiger partial charge in [-0.2, -0.15) is 31.6 Å². The number of nitrogens with zero attached hydrogens (tertiary/aromatic N) is 12. The normalized spacial score (nSPS) is 9.10. The zero-order valence-electron chi connectivity index (χ0n) is 14.9. The van der Waals surface area contributed by atoms with Crippen molar-refractivity contribution in [3.63, 3.8) is 0 Å². The second-order valence-electron chi connectivity index (χ2n) is 5.14. The van der Waals surface area contributed by atoms with Gasteiger partial charge in [-0.05, 0) is 0 Å². The van der Waals surface area contributed by atoms with Crippen molar-refractivity contribution in [2.75, 3.05) is 0 Å². The van der Waals surface area contributed by atoms with Crippen LogP contribution in [0.4, 0.5) is 0 Å². The Kier molecular flexibility index (Phi) is 5.34. The van der Waals surface area contributed by atoms with Gasteiger partial charge in [0, 0.05) is 18.2 Å². The molecule has 0 N–H and O–H groups in total. The number of nitriles is 6. The molecule has 0 aliphatic carbocycles. The molecule has 0 aliphatic rings. The van der Waals surface area contributed by atoms with Crippen LogP contribution in [0.1, 0.15) is 34.2 Å². The Labute approximate surface area is 172 Å². The summed E-state index contributed by atoms with van der Waals surface area (Å²) >= 11 is 0. The highest BCUT2D eigenvalue weighted by atomic mass is 16.9. The predicted molar refractivity (Wildman–Crippen MR) is 90.5 cm³/mol. The highest BCUT2D eigenvalue weighted by Gasteiger charge is 2.37. The van der Waals surface area contributed by atoms with E-state index in [-0.39, 0.29) is 34.2 Å². The Balaban J connectivity index is 2.00. The molecule has 3 aromatic rings. The van der Waals surface area contributed by atoms with E-state index in [1.54, 1.807) is 36.4 Å². The summed E-state index contributed by atoms with van der Waals surface area (Å²) in [5.41, 5.74) is -1.14. The molecule has 3 heterocycles. The van der Waals surface area contributed by atoms with Crippen molar-refractivity contribution in [3.05, 3.63) is 52.4 Å². The van der Waals surface area contributed by atoms with E-state index in [0.29, 0.717) is 14.5 Å². The average Bonchev–Trinajstić information content (AvgIpc) is 3.49. The summed E-state index contributed by atoms with van der Waals surface area (Å²) in [6.07, 6.45) is 0. The van der Waals surface area contributed by atoms with Gasteiger partial charge in [0.1, 0.15) is 36.4 Å². The molecule has 3 rings (SSSR count). The molecule has 0 radical (unpaired) electrons. The Bertz CT molecular complexity index is 1240. The summed E-state index contributed by atoms with van der Waals surface area (Å²) in [5, 5.41) is 65.5. The van der Waals surface area contributed by atoms with Crippen LogP contribution in [0.5, 0.6) is 0 Å². The van der Waals surface area contributed by atoms with Crippen LogP contribution in [0, 0.1) is 68.0 Å². The zero-order chi connectivity index (χ0) is 22.4. The molecule has 0 unspecified atom stereocenters. The predicted octanol–water partition coefficient (Wildman–Crippen LogP) is -1.82. The van der Waals surface area contributed by atoms with Gasteiger partial charge in [0.25, 0.3) is 0 Å². The SMILES string of the molecule is N#Cc1cc(C#N)n(OB(On2nc(C#N)cc2C#N)On2nc(C#N)cc2C#N)n1. The van der Waals surface area contributed by atoms with Gasteiger partial charge in [-0.25, -0.2) is 0 Å². The topological polar surface area (TPSA) is 224 Å². The van der Waals surface area contributed by atoms with Crippen molar-refractivity contribution in [1.82, 2.24) is 29.8 Å². The third-order valence-electron chi connectivity index (χ3n) is 3.28. The van der Waals surface area contributed by atoms with E-state index in [4.69, 9.17) is 30.1 Å². The average molecular weight is 410 g/mol. The van der Waals surface area contributed by atoms with Crippen molar-refractivity contribution in [2.45, 2.75) is 0 Å². The minimum Gasteiger partial charge on any atom is -0.379 e. The molecule has 0 saturated heterocycles. The maximum atomic E-state index is 9.18. The molecule has 31 heavy (non-hydrogen) atoms. The first-order chi connectivity index (χ1) is 15.0. The van der Waals surface area contributed by atoms with Crippen LogP contribution in [0.2, 0.25) is 0 Å². The molecular weight excluding hydrogens is 407 g/mol. The Morgan fingerprint density at radius 1 is 0.548 bits per heavy atom. The van der Waals surface area contributed by atoms with Crippen LogP contribution < -0.4 is 14.3 Å². The van der Waals surface area contributed by atoms with Crippen LogP contribution >= 0.6 is 0 Å². The first-order valence-electron chi connectivity index (χ1n) is 7.77. The number of hydrogen-bond acceptors (Lipinski definition) is 12. The van der Waals surface area contributed by atoms with Crippen molar-refractivity contribution in [1.29, 1.82) is 31.6 Å². The molecule has 15 nitrogen and oxygen atoms in total. The molecular formula is C15H3BN12O3. The molecule has 16 heteroatoms. The smallest absolute Gasteiger partial charge is 0.379 e. The highest BCUT2D eigenvalue weighted by Crippen LogP contribution is 2.05. The molecule has 0 saturated carbocycles. The largest absolute Gasteiger partial charge is 0.929 e. The van der Waals surface area contributed by atoms with Gasteiger partial charge in [-0.15, -0.1) is 15.3 Å². The highest BCUT2D eigenvalue weighted by molar-refractivity contribution is 6.37. The van der Waals surface area contributed by atoms with Crippen LogP contribution in [0.3, 0.4) is 0 Å². The summed E-state index contributed by atoms with van der Waals surface area (Å²) in [4.78, 5) is 1.81. The third kappa shape index (κ3) is 4.00. The van der Waals surface area contributed by atoms with Gasteiger partial charge in [-0.3, -0.25) is 0 Å². The van der Waals surface area contributed by atoms with Gasteiger partial charge >= 0.3 is 7.32 Å². The van der Waals surface area contributed by atoms with E-state index < -0.39 is 7.32 Å². The number of hydrogen-bond donors (Lipinski definition) is 0. The monoisotopic (exact) mass is 410 g/mol. The maximum Gasteiger partial charge on any atom is 0.929 e. The van der Waals surface area contributed by atoms with Gasteiger partial charge in [-0.1, -0.05) is 14.5 Å². The van der Waals surface area contributed by atoms with E-state index in [0.717, 1.165) is 18.2 Å². The zero-order valence-corrected chi connectivity index (χ0v) is 14.9. The molecule has 0 aliphatic heterocycles. The fourth-order valence-corrected chi connectivity index (χ4v) is 2.03. The van der Waals surface area contributed by atoms with E-state index in [1.165, 1.54) is 0 Å². The number of aromatic nitrogens is 6. The Hall–Kier alpha value is -5.97. The first-order valence-corrected chi connectivity index (χ1v) is 7.77. The van der Waals surface area contributed by atoms with E-state index in [2.05, 4.69) is 15.3 Å². The third-order valence-corrected chi connectivity index (χ3v) is 3.28. The molecule has 0 amide bonds. The van der Waals surface area contributed by atoms with Crippen molar-refractivity contribution in [2.24, 2.45) is 0 Å². The summed E-state index contributed by atoms with van der Waals surface area (Å²) in [5.74, 6) is 0. The fourth-order valence-electron chi connectivity index (χ4n) is 2.03. The van der Waals surface area contributed by atoms with Crippen LogP contribution in [-0.2, 0) is 0 Å². The summed E-state index contributed by atoms with van der Waals surface area (Å²) in [6, 6.07) is 13.7. The van der Waals surface area contributed by atoms with Gasteiger partial charge < -0.3 is 14.3 Å². The lowest BCUT2D eigenvalue weighted by Gasteiger charge is -2.15. The lowest BCUT2D eigenvalue weighted by atomic mass is 10.3. The van der Waals surface area contributed by atoms with Crippen molar-refractivity contribution < 1.29 is 14.3 Å². The van der Waals surface area contributed by atoms with Crippen molar-refractivity contribution in [3.8, 4) is 36.4 Å². The van der Waals surface area contributed by atoms with Gasteiger partial charge in [0.15, 0.2) is 34.2 Å². The van der Waals surface area contributed by atoms with E-state index >= 15 is 0 Å². The van der Waals surface area contributed by atoms with Gasteiger partial charge in [0.05, 0.1) is 0 Å². The van der Waals surface area contributed by atoms with Gasteiger partial charge in [0.2, 0.25) is 0 Å². The van der Waals surface area contributed by atoms with Crippen LogP contribution in [0.25, 0.3) is 0 Å². The summed E-state index contributed by atoms with van der Waals surface area (Å²) < 4.78 is 15.9. The molecule has 144 valence electrons. The summed E-state index contributed by atoms with van der Waals surface area (Å²) in [7, 11) is -1.92. The maximum absolute atomic E-state index is 9.18. The molecule has 0 fully saturated rings. The minimum atomic E-state index is -1.92. The lowest BCUT2D eigenvalue weighted by Crippen LogP contribution is -2.50. The Morgan fingerprint density at radius 2 is 0.839 bits per heavy atom. The molecule has 3 aromatic heterocycles. The Morgan fingerprint density at radius 3 is 1.06 bits per heavy atom. The van der Waals surface area contributed by atoms with E-state index in [1.807, 2.05) is 0 Å². The molecule has 0 atom stereocenters. The number of rotatable bonds is 6. The van der Waals surface area contributed by atoms with Crippen LogP contribution in [0.15, 0.2) is 18.2 Å². The molecule has 0 spiro atoms. The first kappa shape index (κ1) is 19.8. The minimum absolute atomic E-state index is 0.164. The van der Waals surface area contributed by atoms with Crippen LogP contribution in [-0.4, -0.2) is 37.2 Å².